The number of anilines is 2. The minimum Gasteiger partial charge on any atom is -0.497 e. The van der Waals surface area contributed by atoms with Crippen LogP contribution in [0.4, 0.5) is 17.1 Å². The molecule has 0 aliphatic rings. The fraction of sp³-hybridized carbons (Fsp3) is 0.263. The predicted octanol–water partition coefficient (Wildman–Crippen LogP) is 1.00. The standard InChI is InChI=1S/C19H22N4O5/c1-13-10-15(23(26)27)6-9-17(13)21-19(25)12-22(2)11-18(24)20-14-4-7-16(28-3)8-5-14/h4-10H,11-12H2,1-3H3,(H,20,24)(H,21,25)/p+1. The largest absolute Gasteiger partial charge is 0.497 e. The molecule has 0 radical (unpaired) electrons. The van der Waals surface area contributed by atoms with Crippen LogP contribution in [0, 0.1) is 17.0 Å². The van der Waals surface area contributed by atoms with Crippen molar-refractivity contribution in [2.75, 3.05) is 37.9 Å². The Balaban J connectivity index is 1.84. The molecule has 0 bridgehead atoms. The summed E-state index contributed by atoms with van der Waals surface area (Å²) in [4.78, 5) is 35.3. The van der Waals surface area contributed by atoms with Gasteiger partial charge in [-0.3, -0.25) is 19.7 Å². The molecule has 2 amide bonds. The number of quaternary nitrogens is 1. The van der Waals surface area contributed by atoms with Gasteiger partial charge in [0.1, 0.15) is 5.75 Å². The third-order valence-electron chi connectivity index (χ3n) is 3.99. The number of nitro groups is 1. The Morgan fingerprint density at radius 3 is 2.21 bits per heavy atom. The number of nitrogens with zero attached hydrogens (tertiary/aromatic N) is 1. The zero-order valence-corrected chi connectivity index (χ0v) is 15.9. The molecule has 0 aliphatic carbocycles. The quantitative estimate of drug-likeness (QED) is 0.462. The Morgan fingerprint density at radius 1 is 1.07 bits per heavy atom. The molecule has 0 saturated carbocycles. The lowest BCUT2D eigenvalue weighted by Gasteiger charge is -2.14. The van der Waals surface area contributed by atoms with Gasteiger partial charge >= 0.3 is 0 Å². The maximum atomic E-state index is 12.2. The monoisotopic (exact) mass is 387 g/mol. The summed E-state index contributed by atoms with van der Waals surface area (Å²) in [6, 6.07) is 11.2. The number of nitro benzene ring substituents is 1. The van der Waals surface area contributed by atoms with Crippen LogP contribution in [-0.2, 0) is 9.59 Å². The lowest BCUT2D eigenvalue weighted by Crippen LogP contribution is -3.11. The first-order chi connectivity index (χ1) is 13.3. The fourth-order valence-electron chi connectivity index (χ4n) is 2.59. The van der Waals surface area contributed by atoms with E-state index in [4.69, 9.17) is 4.74 Å². The second-order valence-corrected chi connectivity index (χ2v) is 6.39. The van der Waals surface area contributed by atoms with E-state index < -0.39 is 4.92 Å². The summed E-state index contributed by atoms with van der Waals surface area (Å²) in [6.07, 6.45) is 0. The zero-order valence-electron chi connectivity index (χ0n) is 15.9. The number of amides is 2. The van der Waals surface area contributed by atoms with E-state index in [1.165, 1.54) is 18.2 Å². The molecule has 2 aromatic rings. The van der Waals surface area contributed by atoms with Crippen LogP contribution in [0.1, 0.15) is 5.56 Å². The Hall–Kier alpha value is -3.46. The Kier molecular flexibility index (Phi) is 7.05. The van der Waals surface area contributed by atoms with Gasteiger partial charge in [0, 0.05) is 23.5 Å². The number of aryl methyl sites for hydroxylation is 1. The lowest BCUT2D eigenvalue weighted by atomic mass is 10.2. The number of benzene rings is 2. The van der Waals surface area contributed by atoms with E-state index in [1.54, 1.807) is 45.3 Å². The molecule has 2 rings (SSSR count). The van der Waals surface area contributed by atoms with Crippen molar-refractivity contribution in [2.45, 2.75) is 6.92 Å². The van der Waals surface area contributed by atoms with Crippen LogP contribution in [-0.4, -0.2) is 44.0 Å². The van der Waals surface area contributed by atoms with Gasteiger partial charge in [0.05, 0.1) is 19.1 Å². The molecule has 3 N–H and O–H groups in total. The summed E-state index contributed by atoms with van der Waals surface area (Å²) in [5, 5.41) is 16.2. The highest BCUT2D eigenvalue weighted by molar-refractivity contribution is 5.93. The summed E-state index contributed by atoms with van der Waals surface area (Å²) in [7, 11) is 3.30. The molecule has 0 heterocycles. The number of hydrogen-bond acceptors (Lipinski definition) is 5. The van der Waals surface area contributed by atoms with Crippen molar-refractivity contribution in [3.05, 3.63) is 58.1 Å². The van der Waals surface area contributed by atoms with Crippen LogP contribution in [0.3, 0.4) is 0 Å². The van der Waals surface area contributed by atoms with Gasteiger partial charge in [-0.2, -0.15) is 0 Å². The van der Waals surface area contributed by atoms with Crippen molar-refractivity contribution in [1.29, 1.82) is 0 Å². The van der Waals surface area contributed by atoms with Gasteiger partial charge in [-0.25, -0.2) is 0 Å². The zero-order chi connectivity index (χ0) is 20.7. The number of nitrogens with one attached hydrogen (secondary N) is 3. The molecular formula is C19H23N4O5+. The van der Waals surface area contributed by atoms with E-state index in [0.29, 0.717) is 27.6 Å². The Labute approximate surface area is 162 Å². The number of methoxy groups -OCH3 is 1. The van der Waals surface area contributed by atoms with Crippen molar-refractivity contribution < 1.29 is 24.1 Å². The number of carbonyl (C=O) groups excluding carboxylic acids is 2. The van der Waals surface area contributed by atoms with Crippen LogP contribution in [0.15, 0.2) is 42.5 Å². The molecule has 0 fully saturated rings. The van der Waals surface area contributed by atoms with Gasteiger partial charge in [-0.15, -0.1) is 0 Å². The highest BCUT2D eigenvalue weighted by atomic mass is 16.6. The van der Waals surface area contributed by atoms with Gasteiger partial charge in [-0.1, -0.05) is 0 Å². The van der Waals surface area contributed by atoms with Crippen molar-refractivity contribution in [1.82, 2.24) is 0 Å². The van der Waals surface area contributed by atoms with E-state index >= 15 is 0 Å². The van der Waals surface area contributed by atoms with Crippen LogP contribution in [0.5, 0.6) is 5.75 Å². The SMILES string of the molecule is COc1ccc(NC(=O)C[NH+](C)CC(=O)Nc2ccc([N+](=O)[O-])cc2C)cc1. The summed E-state index contributed by atoms with van der Waals surface area (Å²) in [5.74, 6) is 0.188. The minimum absolute atomic E-state index is 0.0338. The van der Waals surface area contributed by atoms with Crippen LogP contribution < -0.4 is 20.3 Å². The highest BCUT2D eigenvalue weighted by Crippen LogP contribution is 2.20. The first-order valence-corrected chi connectivity index (χ1v) is 8.58. The van der Waals surface area contributed by atoms with E-state index in [-0.39, 0.29) is 30.6 Å². The van der Waals surface area contributed by atoms with Gasteiger partial charge in [0.2, 0.25) is 0 Å². The van der Waals surface area contributed by atoms with E-state index in [0.717, 1.165) is 0 Å². The predicted molar refractivity (Wildman–Crippen MR) is 105 cm³/mol. The maximum Gasteiger partial charge on any atom is 0.279 e. The average molecular weight is 387 g/mol. The molecule has 9 heteroatoms. The summed E-state index contributed by atoms with van der Waals surface area (Å²) >= 11 is 0. The lowest BCUT2D eigenvalue weighted by molar-refractivity contribution is -0.862. The normalized spacial score (nSPS) is 11.4. The van der Waals surface area contributed by atoms with E-state index in [9.17, 15) is 19.7 Å². The number of carbonyl (C=O) groups is 2. The van der Waals surface area contributed by atoms with Gasteiger partial charge < -0.3 is 20.3 Å². The second kappa shape index (κ2) is 9.47. The molecule has 28 heavy (non-hydrogen) atoms. The van der Waals surface area contributed by atoms with Crippen molar-refractivity contribution >= 4 is 28.9 Å². The molecule has 0 saturated heterocycles. The summed E-state index contributed by atoms with van der Waals surface area (Å²) < 4.78 is 5.06. The number of rotatable bonds is 8. The molecule has 0 spiro atoms. The second-order valence-electron chi connectivity index (χ2n) is 6.39. The van der Waals surface area contributed by atoms with Crippen LogP contribution in [0.25, 0.3) is 0 Å². The maximum absolute atomic E-state index is 12.2. The van der Waals surface area contributed by atoms with Gasteiger partial charge in [0.25, 0.3) is 17.5 Å². The van der Waals surface area contributed by atoms with Gasteiger partial charge in [-0.05, 0) is 42.8 Å². The van der Waals surface area contributed by atoms with E-state index in [2.05, 4.69) is 10.6 Å². The third-order valence-corrected chi connectivity index (χ3v) is 3.99. The molecular weight excluding hydrogens is 364 g/mol. The van der Waals surface area contributed by atoms with Crippen LogP contribution >= 0.6 is 0 Å². The minimum atomic E-state index is -0.488. The summed E-state index contributed by atoms with van der Waals surface area (Å²) in [5.41, 5.74) is 1.71. The summed E-state index contributed by atoms with van der Waals surface area (Å²) in [6.45, 7) is 1.87. The topological polar surface area (TPSA) is 115 Å². The number of ether oxygens (including phenoxy) is 1. The van der Waals surface area contributed by atoms with Crippen molar-refractivity contribution in [2.24, 2.45) is 0 Å². The fourth-order valence-corrected chi connectivity index (χ4v) is 2.59. The van der Waals surface area contributed by atoms with Crippen LogP contribution in [0.2, 0.25) is 0 Å². The highest BCUT2D eigenvalue weighted by Gasteiger charge is 2.16. The molecule has 1 unspecified atom stereocenters. The Bertz CT molecular complexity index is 867. The molecule has 2 aromatic carbocycles. The van der Waals surface area contributed by atoms with Crippen molar-refractivity contribution in [3.63, 3.8) is 0 Å². The molecule has 0 aromatic heterocycles. The first-order valence-electron chi connectivity index (χ1n) is 8.58. The number of hydrogen-bond donors (Lipinski definition) is 3. The smallest absolute Gasteiger partial charge is 0.279 e. The molecule has 148 valence electrons. The average Bonchev–Trinajstić information content (AvgIpc) is 2.63. The third kappa shape index (κ3) is 6.06. The molecule has 9 nitrogen and oxygen atoms in total. The first kappa shape index (κ1) is 20.8. The molecule has 0 aliphatic heterocycles. The van der Waals surface area contributed by atoms with Gasteiger partial charge in [0.15, 0.2) is 13.1 Å². The Morgan fingerprint density at radius 2 is 1.68 bits per heavy atom. The number of likely N-dealkylation sites (N-methyl/N-ethyl adjacent to an activating group) is 1. The molecule has 1 atom stereocenters. The van der Waals surface area contributed by atoms with Crippen molar-refractivity contribution in [3.8, 4) is 5.75 Å². The van der Waals surface area contributed by atoms with E-state index in [1.807, 2.05) is 0 Å². The number of non-ortho nitro benzene ring substituents is 1.